The Morgan fingerprint density at radius 3 is 2.50 bits per heavy atom. The van der Waals surface area contributed by atoms with Gasteiger partial charge in [-0.25, -0.2) is 0 Å². The standard InChI is InChI=1S/C13H26N2O2S/c1-3-9-15(11-12(14)18)10-7-5-6-8-13(16)17-4-2/h3-11H2,1-2H3,(H2,14,18). The molecule has 0 aliphatic rings. The molecule has 0 fully saturated rings. The van der Waals surface area contributed by atoms with Crippen LogP contribution in [0.15, 0.2) is 0 Å². The molecule has 0 heterocycles. The summed E-state index contributed by atoms with van der Waals surface area (Å²) in [6.07, 6.45) is 4.63. The van der Waals surface area contributed by atoms with Gasteiger partial charge in [0.2, 0.25) is 0 Å². The van der Waals surface area contributed by atoms with Crippen LogP contribution in [0.25, 0.3) is 0 Å². The minimum atomic E-state index is -0.0916. The molecule has 0 bridgehead atoms. The lowest BCUT2D eigenvalue weighted by molar-refractivity contribution is -0.143. The highest BCUT2D eigenvalue weighted by Gasteiger charge is 2.05. The van der Waals surface area contributed by atoms with Gasteiger partial charge in [0.05, 0.1) is 11.6 Å². The van der Waals surface area contributed by atoms with Gasteiger partial charge in [0.25, 0.3) is 0 Å². The molecule has 0 rings (SSSR count). The molecule has 0 aliphatic carbocycles. The fourth-order valence-corrected chi connectivity index (χ4v) is 2.00. The molecular weight excluding hydrogens is 248 g/mol. The first-order valence-electron chi connectivity index (χ1n) is 6.76. The van der Waals surface area contributed by atoms with Crippen LogP contribution in [0, 0.1) is 0 Å². The number of rotatable bonds is 11. The molecule has 4 nitrogen and oxygen atoms in total. The maximum absolute atomic E-state index is 11.1. The van der Waals surface area contributed by atoms with E-state index in [4.69, 9.17) is 22.7 Å². The molecule has 0 aromatic carbocycles. The van der Waals surface area contributed by atoms with Gasteiger partial charge in [-0.1, -0.05) is 25.6 Å². The van der Waals surface area contributed by atoms with E-state index in [1.165, 1.54) is 0 Å². The summed E-state index contributed by atoms with van der Waals surface area (Å²) in [6.45, 7) is 7.16. The molecule has 0 spiro atoms. The third kappa shape index (κ3) is 10.5. The molecule has 0 aromatic rings. The Bertz CT molecular complexity index is 247. The summed E-state index contributed by atoms with van der Waals surface area (Å²) in [5, 5.41) is 0. The molecule has 0 amide bonds. The lowest BCUT2D eigenvalue weighted by Gasteiger charge is -2.20. The molecule has 0 unspecified atom stereocenters. The van der Waals surface area contributed by atoms with E-state index in [1.807, 2.05) is 6.92 Å². The second-order valence-corrected chi connectivity index (χ2v) is 4.88. The lowest BCUT2D eigenvalue weighted by Crippen LogP contribution is -2.34. The molecule has 106 valence electrons. The molecule has 0 saturated carbocycles. The first kappa shape index (κ1) is 17.3. The number of nitrogens with two attached hydrogens (primary N) is 1. The fourth-order valence-electron chi connectivity index (χ4n) is 1.82. The third-order valence-electron chi connectivity index (χ3n) is 2.58. The quantitative estimate of drug-likeness (QED) is 0.355. The summed E-state index contributed by atoms with van der Waals surface area (Å²) in [4.78, 5) is 13.9. The van der Waals surface area contributed by atoms with Crippen LogP contribution < -0.4 is 5.73 Å². The zero-order chi connectivity index (χ0) is 13.8. The highest BCUT2D eigenvalue weighted by Crippen LogP contribution is 2.04. The Balaban J connectivity index is 3.60. The van der Waals surface area contributed by atoms with Gasteiger partial charge in [-0.05, 0) is 39.3 Å². The number of esters is 1. The van der Waals surface area contributed by atoms with Gasteiger partial charge < -0.3 is 10.5 Å². The van der Waals surface area contributed by atoms with Gasteiger partial charge in [0.1, 0.15) is 0 Å². The Labute approximate surface area is 116 Å². The SMILES string of the molecule is CCCN(CCCCCC(=O)OCC)CC(N)=S. The number of carbonyl (C=O) groups excluding carboxylic acids is 1. The van der Waals surface area contributed by atoms with Crippen LogP contribution in [-0.4, -0.2) is 42.1 Å². The highest BCUT2D eigenvalue weighted by molar-refractivity contribution is 7.80. The first-order chi connectivity index (χ1) is 8.60. The summed E-state index contributed by atoms with van der Waals surface area (Å²) >= 11 is 4.93. The van der Waals surface area contributed by atoms with Crippen molar-refractivity contribution < 1.29 is 9.53 Å². The maximum atomic E-state index is 11.1. The normalized spacial score (nSPS) is 10.6. The van der Waals surface area contributed by atoms with Crippen molar-refractivity contribution in [3.63, 3.8) is 0 Å². The Kier molecular flexibility index (Phi) is 11.0. The number of ether oxygens (including phenoxy) is 1. The molecule has 0 aromatic heterocycles. The first-order valence-corrected chi connectivity index (χ1v) is 7.17. The van der Waals surface area contributed by atoms with Crippen LogP contribution in [-0.2, 0) is 9.53 Å². The van der Waals surface area contributed by atoms with E-state index in [-0.39, 0.29) is 5.97 Å². The maximum Gasteiger partial charge on any atom is 0.305 e. The molecular formula is C13H26N2O2S. The van der Waals surface area contributed by atoms with Crippen molar-refractivity contribution in [2.24, 2.45) is 5.73 Å². The predicted octanol–water partition coefficient (Wildman–Crippen LogP) is 2.11. The van der Waals surface area contributed by atoms with Gasteiger partial charge >= 0.3 is 5.97 Å². The molecule has 0 radical (unpaired) electrons. The van der Waals surface area contributed by atoms with Crippen molar-refractivity contribution in [2.75, 3.05) is 26.2 Å². The van der Waals surface area contributed by atoms with Crippen LogP contribution >= 0.6 is 12.2 Å². The van der Waals surface area contributed by atoms with E-state index in [0.717, 1.165) is 38.8 Å². The summed E-state index contributed by atoms with van der Waals surface area (Å²) in [5.41, 5.74) is 5.56. The fraction of sp³-hybridized carbons (Fsp3) is 0.846. The Hall–Kier alpha value is -0.680. The van der Waals surface area contributed by atoms with Gasteiger partial charge in [0.15, 0.2) is 0 Å². The molecule has 18 heavy (non-hydrogen) atoms. The van der Waals surface area contributed by atoms with Gasteiger partial charge in [0, 0.05) is 13.0 Å². The molecule has 2 N–H and O–H groups in total. The Morgan fingerprint density at radius 2 is 1.94 bits per heavy atom. The number of hydrogen-bond donors (Lipinski definition) is 1. The number of unbranched alkanes of at least 4 members (excludes halogenated alkanes) is 2. The van der Waals surface area contributed by atoms with E-state index in [1.54, 1.807) is 0 Å². The van der Waals surface area contributed by atoms with Crippen LogP contribution in [0.3, 0.4) is 0 Å². The van der Waals surface area contributed by atoms with E-state index < -0.39 is 0 Å². The largest absolute Gasteiger partial charge is 0.466 e. The van der Waals surface area contributed by atoms with Crippen LogP contribution in [0.5, 0.6) is 0 Å². The Morgan fingerprint density at radius 1 is 1.22 bits per heavy atom. The second kappa shape index (κ2) is 11.4. The predicted molar refractivity (Wildman–Crippen MR) is 78.6 cm³/mol. The van der Waals surface area contributed by atoms with Crippen LogP contribution in [0.4, 0.5) is 0 Å². The van der Waals surface area contributed by atoms with Crippen LogP contribution in [0.1, 0.15) is 46.0 Å². The van der Waals surface area contributed by atoms with Crippen molar-refractivity contribution in [2.45, 2.75) is 46.0 Å². The van der Waals surface area contributed by atoms with Crippen molar-refractivity contribution in [3.05, 3.63) is 0 Å². The monoisotopic (exact) mass is 274 g/mol. The van der Waals surface area contributed by atoms with Crippen molar-refractivity contribution in [1.29, 1.82) is 0 Å². The van der Waals surface area contributed by atoms with Crippen molar-refractivity contribution in [1.82, 2.24) is 4.90 Å². The highest BCUT2D eigenvalue weighted by atomic mass is 32.1. The third-order valence-corrected chi connectivity index (χ3v) is 2.71. The van der Waals surface area contributed by atoms with Crippen molar-refractivity contribution >= 4 is 23.2 Å². The van der Waals surface area contributed by atoms with Crippen molar-refractivity contribution in [3.8, 4) is 0 Å². The van der Waals surface area contributed by atoms with E-state index >= 15 is 0 Å². The summed E-state index contributed by atoms with van der Waals surface area (Å²) in [5.74, 6) is -0.0916. The average molecular weight is 274 g/mol. The number of hydrogen-bond acceptors (Lipinski definition) is 4. The topological polar surface area (TPSA) is 55.6 Å². The number of carbonyl (C=O) groups is 1. The smallest absolute Gasteiger partial charge is 0.305 e. The lowest BCUT2D eigenvalue weighted by atomic mass is 10.2. The summed E-state index contributed by atoms with van der Waals surface area (Å²) in [7, 11) is 0. The molecule has 0 saturated heterocycles. The van der Waals surface area contributed by atoms with E-state index in [9.17, 15) is 4.79 Å². The molecule has 5 heteroatoms. The minimum absolute atomic E-state index is 0.0916. The number of nitrogens with zero attached hydrogens (tertiary/aromatic N) is 1. The van der Waals surface area contributed by atoms with Crippen LogP contribution in [0.2, 0.25) is 0 Å². The summed E-state index contributed by atoms with van der Waals surface area (Å²) in [6, 6.07) is 0. The second-order valence-electron chi connectivity index (χ2n) is 4.36. The zero-order valence-electron chi connectivity index (χ0n) is 11.6. The molecule has 0 atom stereocenters. The van der Waals surface area contributed by atoms with E-state index in [2.05, 4.69) is 11.8 Å². The van der Waals surface area contributed by atoms with Gasteiger partial charge in [-0.15, -0.1) is 0 Å². The van der Waals surface area contributed by atoms with Gasteiger partial charge in [-0.2, -0.15) is 0 Å². The molecule has 0 aliphatic heterocycles. The summed E-state index contributed by atoms with van der Waals surface area (Å²) < 4.78 is 4.88. The number of thiocarbonyl (C=S) groups is 1. The van der Waals surface area contributed by atoms with E-state index in [0.29, 0.717) is 24.6 Å². The zero-order valence-corrected chi connectivity index (χ0v) is 12.4. The van der Waals surface area contributed by atoms with Gasteiger partial charge in [-0.3, -0.25) is 9.69 Å². The average Bonchev–Trinajstić information content (AvgIpc) is 2.28. The minimum Gasteiger partial charge on any atom is -0.466 e.